The molecule has 2 rings (SSSR count). The molecule has 1 aliphatic heterocycles. The highest BCUT2D eigenvalue weighted by molar-refractivity contribution is 7.99. The maximum atomic E-state index is 13.6. The van der Waals surface area contributed by atoms with Crippen LogP contribution in [0.15, 0.2) is 18.2 Å². The van der Waals surface area contributed by atoms with Crippen LogP contribution in [0.2, 0.25) is 0 Å². The van der Waals surface area contributed by atoms with Gasteiger partial charge in [-0.1, -0.05) is 13.0 Å². The van der Waals surface area contributed by atoms with Crippen molar-refractivity contribution in [1.82, 2.24) is 0 Å². The largest absolute Gasteiger partial charge is 0.373 e. The Morgan fingerprint density at radius 2 is 2.29 bits per heavy atom. The molecule has 0 aromatic heterocycles. The third kappa shape index (κ3) is 2.52. The van der Waals surface area contributed by atoms with Gasteiger partial charge < -0.3 is 5.32 Å². The van der Waals surface area contributed by atoms with E-state index in [0.717, 1.165) is 11.5 Å². The Bertz CT molecular complexity index is 441. The summed E-state index contributed by atoms with van der Waals surface area (Å²) in [6.07, 6.45) is 0. The number of anilines is 1. The van der Waals surface area contributed by atoms with Crippen molar-refractivity contribution in [2.45, 2.75) is 13.0 Å². The first-order valence-corrected chi connectivity index (χ1v) is 6.52. The number of nitro groups is 1. The summed E-state index contributed by atoms with van der Waals surface area (Å²) in [5, 5.41) is 13.8. The molecule has 1 heterocycles. The van der Waals surface area contributed by atoms with E-state index in [1.165, 1.54) is 18.2 Å². The van der Waals surface area contributed by atoms with Gasteiger partial charge in [-0.3, -0.25) is 10.1 Å². The second-order valence-corrected chi connectivity index (χ2v) is 5.23. The van der Waals surface area contributed by atoms with Crippen molar-refractivity contribution >= 4 is 23.1 Å². The second kappa shape index (κ2) is 4.91. The van der Waals surface area contributed by atoms with Crippen molar-refractivity contribution in [2.24, 2.45) is 5.92 Å². The molecule has 1 fully saturated rings. The first-order chi connectivity index (χ1) is 8.09. The molecule has 6 heteroatoms. The predicted molar refractivity (Wildman–Crippen MR) is 67.0 cm³/mol. The van der Waals surface area contributed by atoms with Gasteiger partial charge in [0, 0.05) is 17.9 Å². The lowest BCUT2D eigenvalue weighted by atomic mass is 10.1. The van der Waals surface area contributed by atoms with Gasteiger partial charge in [0.05, 0.1) is 4.92 Å². The molecule has 0 bridgehead atoms. The van der Waals surface area contributed by atoms with Gasteiger partial charge in [0.25, 0.3) is 5.69 Å². The van der Waals surface area contributed by atoms with Gasteiger partial charge in [-0.25, -0.2) is 4.39 Å². The van der Waals surface area contributed by atoms with Crippen LogP contribution in [0, 0.1) is 21.8 Å². The number of benzene rings is 1. The molecular weight excluding hydrogens is 243 g/mol. The number of halogens is 1. The average Bonchev–Trinajstić information content (AvgIpc) is 2.67. The van der Waals surface area contributed by atoms with Gasteiger partial charge in [-0.2, -0.15) is 11.8 Å². The summed E-state index contributed by atoms with van der Waals surface area (Å²) in [6.45, 7) is 2.06. The molecule has 17 heavy (non-hydrogen) atoms. The Morgan fingerprint density at radius 3 is 2.88 bits per heavy atom. The molecule has 1 aromatic carbocycles. The Labute approximate surface area is 103 Å². The number of rotatable bonds is 3. The van der Waals surface area contributed by atoms with E-state index < -0.39 is 10.7 Å². The van der Waals surface area contributed by atoms with E-state index in [4.69, 9.17) is 0 Å². The molecular formula is C11H13FN2O2S. The van der Waals surface area contributed by atoms with Gasteiger partial charge >= 0.3 is 0 Å². The van der Waals surface area contributed by atoms with Gasteiger partial charge in [-0.05, 0) is 17.7 Å². The highest BCUT2D eigenvalue weighted by atomic mass is 32.2. The minimum Gasteiger partial charge on any atom is -0.373 e. The number of thioether (sulfide) groups is 1. The molecule has 0 radical (unpaired) electrons. The highest BCUT2D eigenvalue weighted by Gasteiger charge is 2.27. The van der Waals surface area contributed by atoms with Crippen LogP contribution >= 0.6 is 11.8 Å². The van der Waals surface area contributed by atoms with Gasteiger partial charge in [0.1, 0.15) is 5.69 Å². The summed E-state index contributed by atoms with van der Waals surface area (Å²) in [5.74, 6) is 1.68. The lowest BCUT2D eigenvalue weighted by Crippen LogP contribution is -2.26. The van der Waals surface area contributed by atoms with Crippen molar-refractivity contribution in [3.8, 4) is 0 Å². The zero-order valence-corrected chi connectivity index (χ0v) is 10.2. The third-order valence-electron chi connectivity index (χ3n) is 2.88. The molecule has 1 saturated heterocycles. The molecule has 1 N–H and O–H groups in total. The van der Waals surface area contributed by atoms with Crippen molar-refractivity contribution in [3.05, 3.63) is 34.1 Å². The third-order valence-corrected chi connectivity index (χ3v) is 4.24. The molecule has 0 amide bonds. The van der Waals surface area contributed by atoms with E-state index in [1.54, 1.807) is 11.8 Å². The predicted octanol–water partition coefficient (Wildman–Crippen LogP) is 2.90. The van der Waals surface area contributed by atoms with Crippen LogP contribution in [-0.2, 0) is 0 Å². The minimum atomic E-state index is -0.566. The second-order valence-electron chi connectivity index (χ2n) is 4.16. The molecule has 0 aliphatic carbocycles. The lowest BCUT2D eigenvalue weighted by Gasteiger charge is -2.18. The molecule has 2 unspecified atom stereocenters. The first kappa shape index (κ1) is 12.2. The first-order valence-electron chi connectivity index (χ1n) is 5.36. The van der Waals surface area contributed by atoms with Gasteiger partial charge in [0.15, 0.2) is 5.82 Å². The zero-order chi connectivity index (χ0) is 12.4. The van der Waals surface area contributed by atoms with Crippen molar-refractivity contribution in [1.29, 1.82) is 0 Å². The Balaban J connectivity index is 2.27. The number of nitrogens with zero attached hydrogens (tertiary/aromatic N) is 1. The monoisotopic (exact) mass is 256 g/mol. The van der Waals surface area contributed by atoms with Crippen LogP contribution in [0.5, 0.6) is 0 Å². The highest BCUT2D eigenvalue weighted by Crippen LogP contribution is 2.32. The van der Waals surface area contributed by atoms with E-state index in [1.807, 2.05) is 0 Å². The maximum absolute atomic E-state index is 13.6. The normalized spacial score (nSPS) is 23.6. The van der Waals surface area contributed by atoms with Crippen LogP contribution < -0.4 is 5.32 Å². The van der Waals surface area contributed by atoms with Crippen LogP contribution in [0.4, 0.5) is 15.8 Å². The Morgan fingerprint density at radius 1 is 1.53 bits per heavy atom. The van der Waals surface area contributed by atoms with Crippen LogP contribution in [-0.4, -0.2) is 22.5 Å². The topological polar surface area (TPSA) is 55.2 Å². The fourth-order valence-electron chi connectivity index (χ4n) is 1.84. The van der Waals surface area contributed by atoms with Gasteiger partial charge in [-0.15, -0.1) is 0 Å². The van der Waals surface area contributed by atoms with Crippen LogP contribution in [0.1, 0.15) is 6.92 Å². The number of para-hydroxylation sites is 1. The lowest BCUT2D eigenvalue weighted by molar-refractivity contribution is -0.384. The van der Waals surface area contributed by atoms with E-state index in [0.29, 0.717) is 5.92 Å². The van der Waals surface area contributed by atoms with E-state index >= 15 is 0 Å². The summed E-state index contributed by atoms with van der Waals surface area (Å²) < 4.78 is 13.6. The molecule has 1 aliphatic rings. The fourth-order valence-corrected chi connectivity index (χ4v) is 3.24. The van der Waals surface area contributed by atoms with Crippen LogP contribution in [0.25, 0.3) is 0 Å². The van der Waals surface area contributed by atoms with Crippen molar-refractivity contribution < 1.29 is 9.31 Å². The maximum Gasteiger partial charge on any atom is 0.295 e. The number of nitro benzene ring substituents is 1. The van der Waals surface area contributed by atoms with E-state index in [-0.39, 0.29) is 17.4 Å². The summed E-state index contributed by atoms with van der Waals surface area (Å²) in [4.78, 5) is 10.3. The zero-order valence-electron chi connectivity index (χ0n) is 9.35. The van der Waals surface area contributed by atoms with E-state index in [9.17, 15) is 14.5 Å². The molecule has 0 saturated carbocycles. The van der Waals surface area contributed by atoms with Crippen LogP contribution in [0.3, 0.4) is 0 Å². The molecule has 92 valence electrons. The standard InChI is InChI=1S/C11H13FN2O2S/c1-7-5-17-6-9(7)13-11-8(12)3-2-4-10(11)14(15)16/h2-4,7,9,13H,5-6H2,1H3. The number of hydrogen-bond acceptors (Lipinski definition) is 4. The number of nitrogens with one attached hydrogen (secondary N) is 1. The van der Waals surface area contributed by atoms with E-state index in [2.05, 4.69) is 12.2 Å². The van der Waals surface area contributed by atoms with Gasteiger partial charge in [0.2, 0.25) is 0 Å². The Hall–Kier alpha value is -1.30. The SMILES string of the molecule is CC1CSCC1Nc1c(F)cccc1[N+](=O)[O-]. The van der Waals surface area contributed by atoms with Crippen molar-refractivity contribution in [2.75, 3.05) is 16.8 Å². The molecule has 2 atom stereocenters. The molecule has 1 aromatic rings. The Kier molecular flexibility index (Phi) is 3.51. The smallest absolute Gasteiger partial charge is 0.295 e. The molecule has 0 spiro atoms. The fraction of sp³-hybridized carbons (Fsp3) is 0.455. The number of hydrogen-bond donors (Lipinski definition) is 1. The summed E-state index contributed by atoms with van der Waals surface area (Å²) in [5.41, 5.74) is -0.189. The molecule has 4 nitrogen and oxygen atoms in total. The minimum absolute atomic E-state index is 0.0110. The summed E-state index contributed by atoms with van der Waals surface area (Å²) >= 11 is 1.77. The average molecular weight is 256 g/mol. The quantitative estimate of drug-likeness (QED) is 0.667. The van der Waals surface area contributed by atoms with Crippen molar-refractivity contribution in [3.63, 3.8) is 0 Å². The summed E-state index contributed by atoms with van der Waals surface area (Å²) in [7, 11) is 0. The summed E-state index contributed by atoms with van der Waals surface area (Å²) in [6, 6.07) is 4.00.